The van der Waals surface area contributed by atoms with Crippen molar-refractivity contribution in [1.29, 1.82) is 0 Å². The van der Waals surface area contributed by atoms with Crippen molar-refractivity contribution in [1.82, 2.24) is 9.66 Å². The molecule has 0 atom stereocenters. The molecule has 0 amide bonds. The van der Waals surface area contributed by atoms with Crippen LogP contribution in [0.3, 0.4) is 0 Å². The summed E-state index contributed by atoms with van der Waals surface area (Å²) in [5.41, 5.74) is 6.53. The molecule has 0 bridgehead atoms. The Morgan fingerprint density at radius 1 is 1.04 bits per heavy atom. The average molecular weight is 339 g/mol. The van der Waals surface area contributed by atoms with Crippen LogP contribution in [0.4, 0.5) is 0 Å². The molecular formula is C19H21N3OS. The van der Waals surface area contributed by atoms with E-state index in [9.17, 15) is 4.79 Å². The van der Waals surface area contributed by atoms with Gasteiger partial charge in [0.05, 0.1) is 10.9 Å². The number of fused-ring (bicyclic) bond motifs is 1. The van der Waals surface area contributed by atoms with Gasteiger partial charge in [0.1, 0.15) is 0 Å². The second-order valence-electron chi connectivity index (χ2n) is 6.26. The molecule has 24 heavy (non-hydrogen) atoms. The summed E-state index contributed by atoms with van der Waals surface area (Å²) in [6.45, 7) is 8.27. The van der Waals surface area contributed by atoms with Gasteiger partial charge in [0.2, 0.25) is 0 Å². The maximum absolute atomic E-state index is 12.5. The van der Waals surface area contributed by atoms with E-state index in [1.165, 1.54) is 34.0 Å². The van der Waals surface area contributed by atoms with Gasteiger partial charge >= 0.3 is 0 Å². The van der Waals surface area contributed by atoms with Crippen molar-refractivity contribution in [3.05, 3.63) is 68.5 Å². The molecule has 0 unspecified atom stereocenters. The molecule has 0 aliphatic carbocycles. The fourth-order valence-corrected chi connectivity index (χ4v) is 4.08. The molecule has 2 aromatic carbocycles. The number of thioether (sulfide) groups is 1. The van der Waals surface area contributed by atoms with E-state index in [1.54, 1.807) is 0 Å². The Morgan fingerprint density at radius 3 is 2.38 bits per heavy atom. The summed E-state index contributed by atoms with van der Waals surface area (Å²) in [6, 6.07) is 10.0. The topological polar surface area (TPSA) is 60.9 Å². The van der Waals surface area contributed by atoms with Gasteiger partial charge in [-0.15, -0.1) is 0 Å². The Morgan fingerprint density at radius 2 is 1.71 bits per heavy atom. The fourth-order valence-electron chi connectivity index (χ4n) is 2.97. The monoisotopic (exact) mass is 339 g/mol. The molecule has 0 spiro atoms. The van der Waals surface area contributed by atoms with E-state index in [2.05, 4.69) is 37.9 Å². The van der Waals surface area contributed by atoms with Crippen molar-refractivity contribution in [3.8, 4) is 0 Å². The lowest BCUT2D eigenvalue weighted by Crippen LogP contribution is -2.29. The van der Waals surface area contributed by atoms with Crippen LogP contribution in [-0.4, -0.2) is 9.66 Å². The van der Waals surface area contributed by atoms with Gasteiger partial charge in [-0.25, -0.2) is 9.66 Å². The average Bonchev–Trinajstić information content (AvgIpc) is 2.51. The van der Waals surface area contributed by atoms with Crippen LogP contribution in [0.2, 0.25) is 0 Å². The van der Waals surface area contributed by atoms with Crippen LogP contribution in [-0.2, 0) is 5.75 Å². The minimum absolute atomic E-state index is 0.205. The van der Waals surface area contributed by atoms with E-state index >= 15 is 0 Å². The standard InChI is InChI=1S/C19H21N3OS/c1-11-5-6-17-15(9-11)18(23)22(20)19(21-17)24-10-16-13(3)7-12(2)8-14(16)4/h5-9H,10,20H2,1-4H3. The van der Waals surface area contributed by atoms with Gasteiger partial charge in [-0.3, -0.25) is 4.79 Å². The molecular weight excluding hydrogens is 318 g/mol. The molecule has 0 aliphatic rings. The molecule has 1 aromatic heterocycles. The van der Waals surface area contributed by atoms with Crippen LogP contribution in [0.1, 0.15) is 27.8 Å². The molecule has 0 fully saturated rings. The summed E-state index contributed by atoms with van der Waals surface area (Å²) in [4.78, 5) is 17.0. The van der Waals surface area contributed by atoms with Crippen molar-refractivity contribution < 1.29 is 0 Å². The summed E-state index contributed by atoms with van der Waals surface area (Å²) in [5.74, 6) is 6.72. The van der Waals surface area contributed by atoms with Gasteiger partial charge in [-0.2, -0.15) is 0 Å². The number of nitrogen functional groups attached to an aromatic ring is 1. The maximum Gasteiger partial charge on any atom is 0.280 e. The lowest BCUT2D eigenvalue weighted by Gasteiger charge is -2.12. The normalized spacial score (nSPS) is 11.2. The second kappa shape index (κ2) is 6.32. The molecule has 0 saturated carbocycles. The molecule has 2 N–H and O–H groups in total. The van der Waals surface area contributed by atoms with Crippen molar-refractivity contribution in [2.75, 3.05) is 5.84 Å². The van der Waals surface area contributed by atoms with Crippen molar-refractivity contribution >= 4 is 22.7 Å². The van der Waals surface area contributed by atoms with Crippen LogP contribution in [0.5, 0.6) is 0 Å². The third-order valence-electron chi connectivity index (χ3n) is 4.21. The van der Waals surface area contributed by atoms with Crippen LogP contribution in [0.25, 0.3) is 10.9 Å². The summed E-state index contributed by atoms with van der Waals surface area (Å²) >= 11 is 1.49. The lowest BCUT2D eigenvalue weighted by atomic mass is 10.0. The van der Waals surface area contributed by atoms with E-state index in [4.69, 9.17) is 5.84 Å². The molecule has 0 aliphatic heterocycles. The molecule has 3 aromatic rings. The minimum atomic E-state index is -0.205. The van der Waals surface area contributed by atoms with Gasteiger partial charge in [-0.05, 0) is 56.5 Å². The zero-order valence-electron chi connectivity index (χ0n) is 14.4. The van der Waals surface area contributed by atoms with Gasteiger partial charge in [0.15, 0.2) is 5.16 Å². The largest absolute Gasteiger partial charge is 0.334 e. The zero-order chi connectivity index (χ0) is 17.4. The summed E-state index contributed by atoms with van der Waals surface area (Å²) in [6.07, 6.45) is 0. The first-order valence-corrected chi connectivity index (χ1v) is 8.83. The van der Waals surface area contributed by atoms with Gasteiger partial charge in [0.25, 0.3) is 5.56 Å². The van der Waals surface area contributed by atoms with Crippen LogP contribution < -0.4 is 11.4 Å². The van der Waals surface area contributed by atoms with E-state index in [0.29, 0.717) is 16.1 Å². The van der Waals surface area contributed by atoms with Gasteiger partial charge in [-0.1, -0.05) is 41.1 Å². The third kappa shape index (κ3) is 3.04. The van der Waals surface area contributed by atoms with E-state index < -0.39 is 0 Å². The number of nitrogens with two attached hydrogens (primary N) is 1. The quantitative estimate of drug-likeness (QED) is 0.450. The Balaban J connectivity index is 1.98. The predicted octanol–water partition coefficient (Wildman–Crippen LogP) is 3.64. The Kier molecular flexibility index (Phi) is 4.37. The lowest BCUT2D eigenvalue weighted by molar-refractivity contribution is 0.779. The summed E-state index contributed by atoms with van der Waals surface area (Å²) in [5, 5.41) is 1.10. The number of nitrogens with zero attached hydrogens (tertiary/aromatic N) is 2. The highest BCUT2D eigenvalue weighted by molar-refractivity contribution is 7.98. The van der Waals surface area contributed by atoms with E-state index in [-0.39, 0.29) is 5.56 Å². The number of aromatic nitrogens is 2. The number of hydrogen-bond donors (Lipinski definition) is 1. The smallest absolute Gasteiger partial charge is 0.280 e. The molecule has 3 rings (SSSR count). The highest BCUT2D eigenvalue weighted by Gasteiger charge is 2.11. The second-order valence-corrected chi connectivity index (χ2v) is 7.20. The summed E-state index contributed by atoms with van der Waals surface area (Å²) < 4.78 is 1.16. The number of aryl methyl sites for hydroxylation is 4. The van der Waals surface area contributed by atoms with E-state index in [0.717, 1.165) is 16.0 Å². The molecule has 0 saturated heterocycles. The predicted molar refractivity (Wildman–Crippen MR) is 101 cm³/mol. The number of rotatable bonds is 3. The minimum Gasteiger partial charge on any atom is -0.334 e. The van der Waals surface area contributed by atoms with Gasteiger partial charge in [0, 0.05) is 5.75 Å². The number of benzene rings is 2. The zero-order valence-corrected chi connectivity index (χ0v) is 15.2. The Bertz CT molecular complexity index is 969. The van der Waals surface area contributed by atoms with E-state index in [1.807, 2.05) is 25.1 Å². The van der Waals surface area contributed by atoms with Crippen molar-refractivity contribution in [3.63, 3.8) is 0 Å². The SMILES string of the molecule is Cc1cc(C)c(CSc2nc3ccc(C)cc3c(=O)n2N)c(C)c1. The van der Waals surface area contributed by atoms with Crippen LogP contribution in [0.15, 0.2) is 40.3 Å². The first-order valence-electron chi connectivity index (χ1n) is 7.85. The highest BCUT2D eigenvalue weighted by Crippen LogP contribution is 2.26. The first-order chi connectivity index (χ1) is 11.4. The molecule has 0 radical (unpaired) electrons. The molecule has 5 heteroatoms. The molecule has 4 nitrogen and oxygen atoms in total. The highest BCUT2D eigenvalue weighted by atomic mass is 32.2. The van der Waals surface area contributed by atoms with Crippen LogP contribution >= 0.6 is 11.8 Å². The molecule has 124 valence electrons. The fraction of sp³-hybridized carbons (Fsp3) is 0.263. The molecule has 1 heterocycles. The Labute approximate surface area is 145 Å². The van der Waals surface area contributed by atoms with Crippen LogP contribution in [0, 0.1) is 27.7 Å². The van der Waals surface area contributed by atoms with Crippen molar-refractivity contribution in [2.45, 2.75) is 38.6 Å². The third-order valence-corrected chi connectivity index (χ3v) is 5.19. The van der Waals surface area contributed by atoms with Crippen molar-refractivity contribution in [2.24, 2.45) is 0 Å². The maximum atomic E-state index is 12.5. The number of hydrogen-bond acceptors (Lipinski definition) is 4. The first kappa shape index (κ1) is 16.6. The Hall–Kier alpha value is -2.27. The summed E-state index contributed by atoms with van der Waals surface area (Å²) in [7, 11) is 0. The van der Waals surface area contributed by atoms with Gasteiger partial charge < -0.3 is 5.84 Å².